The zero-order valence-electron chi connectivity index (χ0n) is 13.4. The van der Waals surface area contributed by atoms with Crippen molar-refractivity contribution in [2.45, 2.75) is 24.9 Å². The Kier molecular flexibility index (Phi) is 3.94. The Bertz CT molecular complexity index is 748. The van der Waals surface area contributed by atoms with Gasteiger partial charge in [-0.25, -0.2) is 0 Å². The highest BCUT2D eigenvalue weighted by Crippen LogP contribution is 2.34. The second-order valence-electron chi connectivity index (χ2n) is 6.60. The molecular formula is C19H20N2O3. The Morgan fingerprint density at radius 2 is 2.00 bits per heavy atom. The van der Waals surface area contributed by atoms with Gasteiger partial charge in [-0.2, -0.15) is 0 Å². The van der Waals surface area contributed by atoms with Crippen LogP contribution in [0.4, 0.5) is 0 Å². The summed E-state index contributed by atoms with van der Waals surface area (Å²) in [4.78, 5) is 13.7. The fraction of sp³-hybridized carbons (Fsp3) is 0.368. The van der Waals surface area contributed by atoms with Gasteiger partial charge in [0.25, 0.3) is 0 Å². The van der Waals surface area contributed by atoms with Crippen molar-refractivity contribution < 1.29 is 9.66 Å². The SMILES string of the molecule is O=[N+]([O-])C1CN(Cc2ccccc2)CC1c1ccc2c(c1)CCO2. The third-order valence-electron chi connectivity index (χ3n) is 5.03. The number of ether oxygens (including phenoxy) is 1. The molecule has 0 N–H and O–H groups in total. The van der Waals surface area contributed by atoms with Gasteiger partial charge in [0.15, 0.2) is 0 Å². The molecule has 24 heavy (non-hydrogen) atoms. The molecule has 0 saturated carbocycles. The molecule has 0 bridgehead atoms. The van der Waals surface area contributed by atoms with Crippen LogP contribution in [0.1, 0.15) is 22.6 Å². The lowest BCUT2D eigenvalue weighted by Crippen LogP contribution is -2.28. The van der Waals surface area contributed by atoms with Gasteiger partial charge in [0, 0.05) is 24.4 Å². The highest BCUT2D eigenvalue weighted by Gasteiger charge is 2.42. The summed E-state index contributed by atoms with van der Waals surface area (Å²) >= 11 is 0. The van der Waals surface area contributed by atoms with Gasteiger partial charge in [-0.15, -0.1) is 0 Å². The van der Waals surface area contributed by atoms with Crippen molar-refractivity contribution in [1.29, 1.82) is 0 Å². The minimum Gasteiger partial charge on any atom is -0.493 e. The monoisotopic (exact) mass is 324 g/mol. The van der Waals surface area contributed by atoms with E-state index in [4.69, 9.17) is 4.74 Å². The average Bonchev–Trinajstić information content (AvgIpc) is 3.21. The smallest absolute Gasteiger partial charge is 0.233 e. The molecular weight excluding hydrogens is 304 g/mol. The molecule has 2 aliphatic heterocycles. The summed E-state index contributed by atoms with van der Waals surface area (Å²) in [7, 11) is 0. The molecule has 0 amide bonds. The number of rotatable bonds is 4. The number of likely N-dealkylation sites (tertiary alicyclic amines) is 1. The first-order valence-corrected chi connectivity index (χ1v) is 8.36. The quantitative estimate of drug-likeness (QED) is 0.641. The third kappa shape index (κ3) is 2.87. The molecule has 2 unspecified atom stereocenters. The predicted molar refractivity (Wildman–Crippen MR) is 90.9 cm³/mol. The lowest BCUT2D eigenvalue weighted by molar-refractivity contribution is -0.521. The summed E-state index contributed by atoms with van der Waals surface area (Å²) in [5.41, 5.74) is 3.44. The molecule has 0 radical (unpaired) electrons. The Morgan fingerprint density at radius 1 is 1.17 bits per heavy atom. The maximum Gasteiger partial charge on any atom is 0.233 e. The minimum absolute atomic E-state index is 0.0605. The first-order chi connectivity index (χ1) is 11.7. The Morgan fingerprint density at radius 3 is 2.79 bits per heavy atom. The fourth-order valence-electron chi connectivity index (χ4n) is 3.82. The number of nitro groups is 1. The van der Waals surface area contributed by atoms with Crippen LogP contribution in [0.25, 0.3) is 0 Å². The van der Waals surface area contributed by atoms with Crippen LogP contribution in [-0.2, 0) is 13.0 Å². The fourth-order valence-corrected chi connectivity index (χ4v) is 3.82. The number of fused-ring (bicyclic) bond motifs is 1. The summed E-state index contributed by atoms with van der Waals surface area (Å²) < 4.78 is 5.55. The van der Waals surface area contributed by atoms with Gasteiger partial charge in [0.05, 0.1) is 19.1 Å². The van der Waals surface area contributed by atoms with Gasteiger partial charge in [-0.3, -0.25) is 15.0 Å². The van der Waals surface area contributed by atoms with Crippen molar-refractivity contribution in [2.24, 2.45) is 0 Å². The summed E-state index contributed by atoms with van der Waals surface area (Å²) in [6, 6.07) is 15.7. The van der Waals surface area contributed by atoms with E-state index in [1.54, 1.807) is 0 Å². The molecule has 1 saturated heterocycles. The Balaban J connectivity index is 1.56. The zero-order valence-corrected chi connectivity index (χ0v) is 13.4. The topological polar surface area (TPSA) is 55.6 Å². The van der Waals surface area contributed by atoms with Crippen LogP contribution in [0.2, 0.25) is 0 Å². The van der Waals surface area contributed by atoms with E-state index in [1.807, 2.05) is 30.3 Å². The van der Waals surface area contributed by atoms with E-state index < -0.39 is 6.04 Å². The van der Waals surface area contributed by atoms with Crippen molar-refractivity contribution in [3.05, 3.63) is 75.3 Å². The van der Waals surface area contributed by atoms with E-state index in [0.717, 1.165) is 30.8 Å². The highest BCUT2D eigenvalue weighted by atomic mass is 16.6. The number of hydrogen-bond acceptors (Lipinski definition) is 4. The lowest BCUT2D eigenvalue weighted by Gasteiger charge is -2.15. The molecule has 2 aliphatic rings. The summed E-state index contributed by atoms with van der Waals surface area (Å²) in [6.07, 6.45) is 0.896. The van der Waals surface area contributed by atoms with Crippen LogP contribution in [0.5, 0.6) is 5.75 Å². The van der Waals surface area contributed by atoms with E-state index in [-0.39, 0.29) is 10.8 Å². The van der Waals surface area contributed by atoms with Crippen LogP contribution >= 0.6 is 0 Å². The summed E-state index contributed by atoms with van der Waals surface area (Å²) in [5.74, 6) is 0.866. The van der Waals surface area contributed by atoms with Crippen LogP contribution < -0.4 is 4.74 Å². The maximum atomic E-state index is 11.6. The zero-order chi connectivity index (χ0) is 16.5. The number of benzene rings is 2. The van der Waals surface area contributed by atoms with Gasteiger partial charge >= 0.3 is 0 Å². The first-order valence-electron chi connectivity index (χ1n) is 8.36. The molecule has 2 aromatic rings. The van der Waals surface area contributed by atoms with Crippen LogP contribution in [0.3, 0.4) is 0 Å². The molecule has 5 heteroatoms. The Labute approximate surface area is 141 Å². The molecule has 2 heterocycles. The molecule has 2 aromatic carbocycles. The van der Waals surface area contributed by atoms with Crippen molar-refractivity contribution in [2.75, 3.05) is 19.7 Å². The van der Waals surface area contributed by atoms with Gasteiger partial charge in [-0.1, -0.05) is 42.5 Å². The standard InChI is InChI=1S/C19H20N2O3/c22-21(23)18-13-20(11-14-4-2-1-3-5-14)12-17(18)15-6-7-19-16(10-15)8-9-24-19/h1-7,10,17-18H,8-9,11-13H2. The van der Waals surface area contributed by atoms with Gasteiger partial charge < -0.3 is 4.74 Å². The van der Waals surface area contributed by atoms with Gasteiger partial charge in [0.1, 0.15) is 5.75 Å². The second kappa shape index (κ2) is 6.24. The molecule has 0 spiro atoms. The number of hydrogen-bond donors (Lipinski definition) is 0. The first kappa shape index (κ1) is 15.1. The molecule has 4 rings (SSSR count). The summed E-state index contributed by atoms with van der Waals surface area (Å²) in [6.45, 7) is 2.69. The molecule has 1 fully saturated rings. The van der Waals surface area contributed by atoms with Crippen molar-refractivity contribution in [3.63, 3.8) is 0 Å². The second-order valence-corrected chi connectivity index (χ2v) is 6.60. The molecule has 2 atom stereocenters. The maximum absolute atomic E-state index is 11.6. The van der Waals surface area contributed by atoms with E-state index in [2.05, 4.69) is 23.1 Å². The van der Waals surface area contributed by atoms with E-state index in [0.29, 0.717) is 13.2 Å². The highest BCUT2D eigenvalue weighted by molar-refractivity contribution is 5.41. The molecule has 0 aliphatic carbocycles. The van der Waals surface area contributed by atoms with Gasteiger partial charge in [0.2, 0.25) is 6.04 Å². The van der Waals surface area contributed by atoms with E-state index >= 15 is 0 Å². The normalized spacial score (nSPS) is 23.0. The number of nitrogens with zero attached hydrogens (tertiary/aromatic N) is 2. The van der Waals surface area contributed by atoms with Crippen LogP contribution in [0, 0.1) is 10.1 Å². The lowest BCUT2D eigenvalue weighted by atomic mass is 9.93. The van der Waals surface area contributed by atoms with Crippen molar-refractivity contribution >= 4 is 0 Å². The van der Waals surface area contributed by atoms with E-state index in [1.165, 1.54) is 11.1 Å². The van der Waals surface area contributed by atoms with Crippen LogP contribution in [0.15, 0.2) is 48.5 Å². The van der Waals surface area contributed by atoms with Crippen molar-refractivity contribution in [3.8, 4) is 5.75 Å². The van der Waals surface area contributed by atoms with Crippen molar-refractivity contribution in [1.82, 2.24) is 4.90 Å². The average molecular weight is 324 g/mol. The van der Waals surface area contributed by atoms with E-state index in [9.17, 15) is 10.1 Å². The minimum atomic E-state index is -0.547. The molecule has 0 aromatic heterocycles. The Hall–Kier alpha value is -2.40. The third-order valence-corrected chi connectivity index (χ3v) is 5.03. The molecule has 124 valence electrons. The van der Waals surface area contributed by atoms with Gasteiger partial charge in [-0.05, 0) is 22.8 Å². The largest absolute Gasteiger partial charge is 0.493 e. The van der Waals surface area contributed by atoms with Crippen LogP contribution in [-0.4, -0.2) is 35.6 Å². The predicted octanol–water partition coefficient (Wildman–Crippen LogP) is 2.87. The summed E-state index contributed by atoms with van der Waals surface area (Å²) in [5, 5.41) is 11.6. The molecule has 5 nitrogen and oxygen atoms in total.